The molecule has 0 N–H and O–H groups in total. The van der Waals surface area contributed by atoms with Crippen LogP contribution in [0, 0.1) is 37.0 Å². The predicted octanol–water partition coefficient (Wildman–Crippen LogP) is 2.06. The fourth-order valence-corrected chi connectivity index (χ4v) is 2.59. The Bertz CT molecular complexity index is 509. The molecular formula is C15H12O7W. The Kier molecular flexibility index (Phi) is 32.3. The van der Waals surface area contributed by atoms with Crippen LogP contribution in [0.1, 0.15) is 24.0 Å². The summed E-state index contributed by atoms with van der Waals surface area (Å²) in [5.41, 5.74) is 2.72. The monoisotopic (exact) mass is 488 g/mol. The van der Waals surface area contributed by atoms with Gasteiger partial charge >= 0.3 is 145 Å². The minimum atomic E-state index is 0.738. The molecule has 0 unspecified atom stereocenters. The van der Waals surface area contributed by atoms with Crippen molar-refractivity contribution < 1.29 is 51.8 Å². The number of aryl methyl sites for hydroxylation is 1. The maximum atomic E-state index is 7.50. The van der Waals surface area contributed by atoms with E-state index in [1.165, 1.54) is 49.7 Å². The van der Waals surface area contributed by atoms with E-state index >= 15 is 0 Å². The van der Waals surface area contributed by atoms with Crippen molar-refractivity contribution in [3.8, 4) is 5.95 Å². The van der Waals surface area contributed by atoms with E-state index in [0.29, 0.717) is 0 Å². The molecule has 0 saturated heterocycles. The molecule has 120 valence electrons. The van der Waals surface area contributed by atoms with E-state index in [1.54, 1.807) is 7.11 Å². The van der Waals surface area contributed by atoms with E-state index < -0.39 is 0 Å². The molecular weight excluding hydrogens is 476 g/mol. The molecule has 0 bridgehead atoms. The van der Waals surface area contributed by atoms with Crippen molar-refractivity contribution in [3.05, 3.63) is 54.2 Å². The average molecular weight is 488 g/mol. The molecule has 1 heterocycles. The number of methoxy groups -OCH3 is 1. The third-order valence-corrected chi connectivity index (χ3v) is 3.15. The Morgan fingerprint density at radius 2 is 1.35 bits per heavy atom. The van der Waals surface area contributed by atoms with E-state index in [0.717, 1.165) is 16.1 Å². The number of rotatable bonds is 1. The quantitative estimate of drug-likeness (QED) is 0.444. The topological polar surface area (TPSA) is 122 Å². The Morgan fingerprint density at radius 1 is 0.913 bits per heavy atom. The van der Waals surface area contributed by atoms with E-state index in [2.05, 4.69) is 39.3 Å². The van der Waals surface area contributed by atoms with Gasteiger partial charge in [-0.1, -0.05) is 0 Å². The second kappa shape index (κ2) is 25.3. The zero-order valence-corrected chi connectivity index (χ0v) is 15.1. The molecule has 1 aliphatic carbocycles. The summed E-state index contributed by atoms with van der Waals surface area (Å²) in [7, 11) is 1.68. The molecule has 8 heteroatoms. The molecule has 0 saturated carbocycles. The molecule has 0 radical (unpaired) electrons. The summed E-state index contributed by atoms with van der Waals surface area (Å²) in [6.07, 6.45) is 4.85. The van der Waals surface area contributed by atoms with Crippen LogP contribution in [-0.2, 0) is 55.5 Å². The molecule has 0 atom stereocenters. The third kappa shape index (κ3) is 12.6. The average Bonchev–Trinajstić information content (AvgIpc) is 2.69. The van der Waals surface area contributed by atoms with Crippen LogP contribution >= 0.6 is 0 Å². The van der Waals surface area contributed by atoms with Crippen molar-refractivity contribution in [3.63, 3.8) is 0 Å². The molecule has 0 fully saturated rings. The van der Waals surface area contributed by atoms with Crippen molar-refractivity contribution in [1.82, 2.24) is 0 Å². The molecule has 0 aliphatic heterocycles. The molecule has 0 amide bonds. The van der Waals surface area contributed by atoms with Crippen molar-refractivity contribution in [1.29, 1.82) is 0 Å². The number of fused-ring (bicyclic) bond motifs is 1. The van der Waals surface area contributed by atoms with Crippen LogP contribution in [0.3, 0.4) is 0 Å². The van der Waals surface area contributed by atoms with Gasteiger partial charge in [-0.05, 0) is 0 Å². The molecule has 0 spiro atoms. The summed E-state index contributed by atoms with van der Waals surface area (Å²) in [5.74, 6) is 0.738. The van der Waals surface area contributed by atoms with Gasteiger partial charge in [0, 0.05) is 0 Å². The van der Waals surface area contributed by atoms with Crippen LogP contribution in [0.4, 0.5) is 0 Å². The second-order valence-corrected chi connectivity index (χ2v) is 4.71. The van der Waals surface area contributed by atoms with Gasteiger partial charge in [0.1, 0.15) is 0 Å². The van der Waals surface area contributed by atoms with Crippen LogP contribution in [0.5, 0.6) is 5.95 Å². The first kappa shape index (κ1) is 29.4. The number of hydrogen-bond acceptors (Lipinski definition) is 2. The second-order valence-electron chi connectivity index (χ2n) is 3.27. The first-order valence-electron chi connectivity index (χ1n) is 5.53. The van der Waals surface area contributed by atoms with Gasteiger partial charge in [0.05, 0.1) is 0 Å². The SMILES string of the molecule is COc1o[c](=[W])cc2c1CCCC2.[C-]#[O+].[C-]#[O+].[C-]#[O+].[C-]#[O+].[C-]#[O+]. The first-order chi connectivity index (χ1) is 11.3. The summed E-state index contributed by atoms with van der Waals surface area (Å²) in [5, 5.41) is 0. The van der Waals surface area contributed by atoms with Gasteiger partial charge in [0.25, 0.3) is 0 Å². The standard InChI is InChI=1S/C10H12O2.5CO.W/c1-11-10-9-5-3-2-4-8(9)6-7-12-10;5*1-2;/h6H,2-5H2,1H3;;;;;;. The van der Waals surface area contributed by atoms with Gasteiger partial charge in [-0.3, -0.25) is 0 Å². The van der Waals surface area contributed by atoms with Gasteiger partial charge in [0.15, 0.2) is 0 Å². The van der Waals surface area contributed by atoms with Gasteiger partial charge in [-0.2, -0.15) is 0 Å². The Hall–Kier alpha value is -1.66. The normalized spacial score (nSPS) is 9.00. The maximum absolute atomic E-state index is 7.50. The van der Waals surface area contributed by atoms with Crippen LogP contribution in [0.15, 0.2) is 10.5 Å². The van der Waals surface area contributed by atoms with E-state index in [4.69, 9.17) is 32.4 Å². The van der Waals surface area contributed by atoms with Crippen LogP contribution in [0.25, 0.3) is 0 Å². The Balaban J connectivity index is -0.000000156. The van der Waals surface area contributed by atoms with Crippen molar-refractivity contribution in [2.24, 2.45) is 0 Å². The molecule has 1 aromatic heterocycles. The van der Waals surface area contributed by atoms with E-state index in [9.17, 15) is 0 Å². The zero-order chi connectivity index (χ0) is 19.3. The molecule has 1 aromatic rings. The molecule has 2 rings (SSSR count). The summed E-state index contributed by atoms with van der Waals surface area (Å²) >= 11 is 1.36. The first-order valence-corrected chi connectivity index (χ1v) is 7.00. The van der Waals surface area contributed by atoms with Gasteiger partial charge in [-0.25, -0.2) is 0 Å². The zero-order valence-electron chi connectivity index (χ0n) is 12.2. The van der Waals surface area contributed by atoms with Crippen molar-refractivity contribution >= 4 is 0 Å². The summed E-state index contributed by atoms with van der Waals surface area (Å²) in [6, 6.07) is 2.17. The van der Waals surface area contributed by atoms with Gasteiger partial charge in [-0.15, -0.1) is 0 Å². The van der Waals surface area contributed by atoms with Crippen LogP contribution < -0.4 is 4.74 Å². The molecule has 0 aromatic carbocycles. The fourth-order valence-electron chi connectivity index (χ4n) is 1.81. The Morgan fingerprint density at radius 3 is 1.78 bits per heavy atom. The van der Waals surface area contributed by atoms with E-state index in [1.807, 2.05) is 0 Å². The van der Waals surface area contributed by atoms with Gasteiger partial charge < -0.3 is 0 Å². The van der Waals surface area contributed by atoms with Crippen molar-refractivity contribution in [2.45, 2.75) is 25.7 Å². The van der Waals surface area contributed by atoms with Crippen molar-refractivity contribution in [2.75, 3.05) is 7.11 Å². The van der Waals surface area contributed by atoms with E-state index in [-0.39, 0.29) is 0 Å². The summed E-state index contributed by atoms with van der Waals surface area (Å²) < 4.78 is 49.3. The van der Waals surface area contributed by atoms with Gasteiger partial charge in [0.2, 0.25) is 0 Å². The summed E-state index contributed by atoms with van der Waals surface area (Å²) in [4.78, 5) is 0. The minimum absolute atomic E-state index is 0.738. The Labute approximate surface area is 145 Å². The predicted molar refractivity (Wildman–Crippen MR) is 64.8 cm³/mol. The molecule has 23 heavy (non-hydrogen) atoms. The number of hydrogen-bond donors (Lipinski definition) is 0. The van der Waals surface area contributed by atoms with Crippen LogP contribution in [0.2, 0.25) is 0 Å². The number of ether oxygens (including phenoxy) is 1. The molecule has 1 aliphatic rings. The fraction of sp³-hybridized carbons (Fsp3) is 0.333. The third-order valence-electron chi connectivity index (χ3n) is 2.43. The summed E-state index contributed by atoms with van der Waals surface area (Å²) in [6.45, 7) is 22.5. The van der Waals surface area contributed by atoms with Crippen LogP contribution in [-0.4, -0.2) is 7.11 Å². The molecule has 7 nitrogen and oxygen atoms in total.